The molecule has 0 radical (unpaired) electrons. The van der Waals surface area contributed by atoms with E-state index < -0.39 is 0 Å². The monoisotopic (exact) mass is 460 g/mol. The maximum Gasteiger partial charge on any atom is 0.139 e. The Bertz CT molecular complexity index is 1460. The summed E-state index contributed by atoms with van der Waals surface area (Å²) in [5, 5.41) is 0. The first-order valence-electron chi connectivity index (χ1n) is 13.2. The molecule has 172 valence electrons. The molecule has 1 aliphatic rings. The number of fused-ring (bicyclic) bond motifs is 1. The van der Waals surface area contributed by atoms with Gasteiger partial charge in [0.2, 0.25) is 0 Å². The summed E-state index contributed by atoms with van der Waals surface area (Å²) in [6, 6.07) is 31.7. The second kappa shape index (κ2) is 9.58. The molecule has 5 rings (SSSR count). The van der Waals surface area contributed by atoms with Gasteiger partial charge in [0, 0.05) is 0 Å². The fraction of sp³-hybridized carbons (Fsp3) is 0.125. The van der Waals surface area contributed by atoms with Crippen molar-refractivity contribution in [1.82, 2.24) is 0 Å². The summed E-state index contributed by atoms with van der Waals surface area (Å²) < 4.78 is 0. The van der Waals surface area contributed by atoms with Crippen LogP contribution < -0.4 is 21.9 Å². The van der Waals surface area contributed by atoms with Crippen LogP contribution in [-0.2, 0) is 5.41 Å². The maximum absolute atomic E-state index is 2.48. The summed E-state index contributed by atoms with van der Waals surface area (Å²) in [6.45, 7) is 4.43. The molecule has 4 aromatic carbocycles. The molecule has 0 saturated carbocycles. The summed E-state index contributed by atoms with van der Waals surface area (Å²) in [5.74, 6) is 0. The quantitative estimate of drug-likeness (QED) is 0.406. The number of benzene rings is 4. The third kappa shape index (κ3) is 3.58. The number of rotatable bonds is 4. The van der Waals surface area contributed by atoms with Crippen LogP contribution in [0.5, 0.6) is 0 Å². The van der Waals surface area contributed by atoms with E-state index in [4.69, 9.17) is 0 Å². The first-order valence-corrected chi connectivity index (χ1v) is 13.2. The maximum atomic E-state index is 2.48. The van der Waals surface area contributed by atoms with Crippen molar-refractivity contribution in [3.8, 4) is 11.1 Å². The molecule has 0 heterocycles. The van der Waals surface area contributed by atoms with Crippen LogP contribution in [0.25, 0.3) is 16.7 Å². The van der Waals surface area contributed by atoms with Gasteiger partial charge in [-0.15, -0.1) is 10.9 Å². The zero-order chi connectivity index (χ0) is 25.4. The lowest BCUT2D eigenvalue weighted by atomic mass is 9.64. The molecule has 0 aromatic heterocycles. The normalized spacial score (nSPS) is 16.4. The molecule has 0 atom stereocenters. The van der Waals surface area contributed by atoms with Crippen LogP contribution in [-0.4, -0.2) is 31.4 Å². The lowest BCUT2D eigenvalue weighted by molar-refractivity contribution is 0.767. The molecule has 0 bridgehead atoms. The van der Waals surface area contributed by atoms with Crippen LogP contribution in [0.2, 0.25) is 0 Å². The van der Waals surface area contributed by atoms with Crippen molar-refractivity contribution in [1.29, 1.82) is 0 Å². The summed E-state index contributed by atoms with van der Waals surface area (Å²) in [7, 11) is 9.00. The van der Waals surface area contributed by atoms with Gasteiger partial charge in [0.05, 0.1) is 5.41 Å². The highest BCUT2D eigenvalue weighted by Gasteiger charge is 2.47. The molecule has 0 aliphatic heterocycles. The largest absolute Gasteiger partial charge is 0.139 e. The van der Waals surface area contributed by atoms with Gasteiger partial charge in [-0.05, 0) is 63.9 Å². The average Bonchev–Trinajstić information content (AvgIpc) is 3.20. The standard InChI is InChI=1S/C32H32B4/c1-3-11-23-24-17-16-20(25-19-28(33)30(35)31(36)29(25)34)18-27(24)32(26(23)4-2,21-12-7-5-8-13-21)22-14-9-6-10-15-22/h4-19H,3,33-36H2,1-2H3/b23-11-,26-4+. The predicted molar refractivity (Wildman–Crippen MR) is 169 cm³/mol. The molecule has 0 amide bonds. The van der Waals surface area contributed by atoms with E-state index in [9.17, 15) is 0 Å². The molecule has 0 unspecified atom stereocenters. The molecule has 4 aromatic rings. The van der Waals surface area contributed by atoms with E-state index >= 15 is 0 Å². The van der Waals surface area contributed by atoms with Crippen LogP contribution in [0.3, 0.4) is 0 Å². The molecular formula is C32H32B4. The van der Waals surface area contributed by atoms with E-state index in [1.54, 1.807) is 0 Å². The number of allylic oxidation sites excluding steroid dienone is 4. The van der Waals surface area contributed by atoms with E-state index in [1.807, 2.05) is 0 Å². The van der Waals surface area contributed by atoms with Crippen molar-refractivity contribution in [3.05, 3.63) is 125 Å². The molecule has 0 fully saturated rings. The molecule has 0 spiro atoms. The first kappa shape index (κ1) is 24.3. The minimum atomic E-state index is -0.355. The van der Waals surface area contributed by atoms with Crippen LogP contribution in [0.4, 0.5) is 0 Å². The van der Waals surface area contributed by atoms with Gasteiger partial charge in [0.1, 0.15) is 31.4 Å². The predicted octanol–water partition coefficient (Wildman–Crippen LogP) is 1.47. The van der Waals surface area contributed by atoms with Gasteiger partial charge in [0.15, 0.2) is 0 Å². The summed E-state index contributed by atoms with van der Waals surface area (Å²) in [4.78, 5) is 0. The molecular weight excluding hydrogens is 428 g/mol. The lowest BCUT2D eigenvalue weighted by Gasteiger charge is -2.34. The number of hydrogen-bond acceptors (Lipinski definition) is 0. The molecule has 1 aliphatic carbocycles. The SMILES string of the molecule is Bc1cc(-c2ccc3c(c2)C(c2ccccc2)(c2ccccc2)C(=C/C)/C3=C\CC)c(B)c(B)c1B. The van der Waals surface area contributed by atoms with Crippen molar-refractivity contribution < 1.29 is 0 Å². The Balaban J connectivity index is 1.91. The Morgan fingerprint density at radius 2 is 1.31 bits per heavy atom. The number of hydrogen-bond donors (Lipinski definition) is 0. The van der Waals surface area contributed by atoms with E-state index in [0.29, 0.717) is 0 Å². The Labute approximate surface area is 220 Å². The van der Waals surface area contributed by atoms with E-state index in [2.05, 4.69) is 142 Å². The van der Waals surface area contributed by atoms with Crippen molar-refractivity contribution in [3.63, 3.8) is 0 Å². The van der Waals surface area contributed by atoms with E-state index in [1.165, 1.54) is 66.4 Å². The second-order valence-corrected chi connectivity index (χ2v) is 10.1. The lowest BCUT2D eigenvalue weighted by Crippen LogP contribution is -2.47. The van der Waals surface area contributed by atoms with Crippen molar-refractivity contribution in [2.45, 2.75) is 25.7 Å². The molecule has 4 heteroatoms. The van der Waals surface area contributed by atoms with Gasteiger partial charge >= 0.3 is 0 Å². The Kier molecular flexibility index (Phi) is 6.47. The Hall–Kier alpha value is -3.38. The fourth-order valence-electron chi connectivity index (χ4n) is 6.22. The van der Waals surface area contributed by atoms with Crippen molar-refractivity contribution in [2.75, 3.05) is 0 Å². The third-order valence-electron chi connectivity index (χ3n) is 8.31. The van der Waals surface area contributed by atoms with Crippen LogP contribution in [0.15, 0.2) is 103 Å². The van der Waals surface area contributed by atoms with Gasteiger partial charge < -0.3 is 0 Å². The van der Waals surface area contributed by atoms with Gasteiger partial charge in [-0.2, -0.15) is 0 Å². The van der Waals surface area contributed by atoms with Crippen molar-refractivity contribution in [2.24, 2.45) is 0 Å². The fourth-order valence-corrected chi connectivity index (χ4v) is 6.22. The van der Waals surface area contributed by atoms with Crippen LogP contribution >= 0.6 is 0 Å². The zero-order valence-electron chi connectivity index (χ0n) is 22.4. The van der Waals surface area contributed by atoms with E-state index in [0.717, 1.165) is 6.42 Å². The van der Waals surface area contributed by atoms with Crippen molar-refractivity contribution >= 4 is 58.8 Å². The van der Waals surface area contributed by atoms with Gasteiger partial charge in [0.25, 0.3) is 0 Å². The van der Waals surface area contributed by atoms with Gasteiger partial charge in [-0.25, -0.2) is 0 Å². The summed E-state index contributed by atoms with van der Waals surface area (Å²) >= 11 is 0. The molecule has 0 saturated heterocycles. The third-order valence-corrected chi connectivity index (χ3v) is 8.31. The highest BCUT2D eigenvalue weighted by atomic mass is 14.5. The molecule has 0 nitrogen and oxygen atoms in total. The zero-order valence-corrected chi connectivity index (χ0v) is 22.4. The van der Waals surface area contributed by atoms with Gasteiger partial charge in [-0.1, -0.05) is 109 Å². The van der Waals surface area contributed by atoms with Crippen LogP contribution in [0, 0.1) is 0 Å². The molecule has 36 heavy (non-hydrogen) atoms. The Morgan fingerprint density at radius 3 is 1.86 bits per heavy atom. The van der Waals surface area contributed by atoms with Crippen LogP contribution in [0.1, 0.15) is 42.5 Å². The molecule has 0 N–H and O–H groups in total. The minimum Gasteiger partial charge on any atom is -0.102 e. The Morgan fingerprint density at radius 1 is 0.694 bits per heavy atom. The highest BCUT2D eigenvalue weighted by Crippen LogP contribution is 2.57. The highest BCUT2D eigenvalue weighted by molar-refractivity contribution is 6.63. The first-order chi connectivity index (χ1) is 17.4. The smallest absolute Gasteiger partial charge is 0.102 e. The summed E-state index contributed by atoms with van der Waals surface area (Å²) in [6.07, 6.45) is 5.75. The van der Waals surface area contributed by atoms with Gasteiger partial charge in [-0.3, -0.25) is 0 Å². The van der Waals surface area contributed by atoms with E-state index in [-0.39, 0.29) is 5.41 Å². The topological polar surface area (TPSA) is 0 Å². The minimum absolute atomic E-state index is 0.355. The summed E-state index contributed by atoms with van der Waals surface area (Å²) in [5.41, 5.74) is 15.9. The average molecular weight is 460 g/mol. The second-order valence-electron chi connectivity index (χ2n) is 10.1.